The van der Waals surface area contributed by atoms with Crippen molar-refractivity contribution in [1.82, 2.24) is 5.32 Å². The van der Waals surface area contributed by atoms with Crippen molar-refractivity contribution in [2.45, 2.75) is 25.2 Å². The highest BCUT2D eigenvalue weighted by Gasteiger charge is 2.32. The number of nitrogens with one attached hydrogen (secondary N) is 1. The lowest BCUT2D eigenvalue weighted by Crippen LogP contribution is -2.24. The van der Waals surface area contributed by atoms with E-state index in [2.05, 4.69) is 5.32 Å². The van der Waals surface area contributed by atoms with Crippen LogP contribution in [-0.4, -0.2) is 11.9 Å². The van der Waals surface area contributed by atoms with Gasteiger partial charge in [-0.05, 0) is 23.8 Å². The summed E-state index contributed by atoms with van der Waals surface area (Å²) in [6.45, 7) is 0.0965. The zero-order valence-corrected chi connectivity index (χ0v) is 13.0. The van der Waals surface area contributed by atoms with Gasteiger partial charge >= 0.3 is 12.1 Å². The zero-order chi connectivity index (χ0) is 18.0. The smallest absolute Gasteiger partial charge is 0.416 e. The van der Waals surface area contributed by atoms with Crippen molar-refractivity contribution in [3.8, 4) is 0 Å². The number of carbonyl (C=O) groups excluding carboxylic acids is 2. The molecule has 0 radical (unpaired) electrons. The van der Waals surface area contributed by atoms with E-state index in [0.717, 1.165) is 12.1 Å². The van der Waals surface area contributed by atoms with Gasteiger partial charge in [-0.1, -0.05) is 30.3 Å². The van der Waals surface area contributed by atoms with Crippen LogP contribution < -0.4 is 5.32 Å². The molecule has 7 heteroatoms. The van der Waals surface area contributed by atoms with Gasteiger partial charge in [0.2, 0.25) is 5.91 Å². The fourth-order valence-corrected chi connectivity index (χ4v) is 2.62. The monoisotopic (exact) mass is 349 g/mol. The summed E-state index contributed by atoms with van der Waals surface area (Å²) >= 11 is 0. The van der Waals surface area contributed by atoms with E-state index in [1.165, 1.54) is 12.1 Å². The van der Waals surface area contributed by atoms with Crippen molar-refractivity contribution in [3.63, 3.8) is 0 Å². The molecule has 2 aromatic rings. The van der Waals surface area contributed by atoms with Crippen LogP contribution in [0.5, 0.6) is 0 Å². The summed E-state index contributed by atoms with van der Waals surface area (Å²) in [6.07, 6.45) is -5.07. The van der Waals surface area contributed by atoms with E-state index in [4.69, 9.17) is 4.74 Å². The summed E-state index contributed by atoms with van der Waals surface area (Å²) < 4.78 is 42.7. The summed E-state index contributed by atoms with van der Waals surface area (Å²) in [5, 5.41) is 2.62. The number of halogens is 3. The van der Waals surface area contributed by atoms with Crippen LogP contribution in [0.1, 0.15) is 39.6 Å². The fraction of sp³-hybridized carbons (Fsp3) is 0.222. The Bertz CT molecular complexity index is 800. The number of hydrogen-bond acceptors (Lipinski definition) is 3. The highest BCUT2D eigenvalue weighted by molar-refractivity contribution is 5.94. The van der Waals surface area contributed by atoms with Gasteiger partial charge in [0.25, 0.3) is 0 Å². The lowest BCUT2D eigenvalue weighted by Gasteiger charge is -2.12. The first kappa shape index (κ1) is 17.0. The van der Waals surface area contributed by atoms with Crippen molar-refractivity contribution in [1.29, 1.82) is 0 Å². The predicted molar refractivity (Wildman–Crippen MR) is 82.5 cm³/mol. The van der Waals surface area contributed by atoms with Crippen LogP contribution in [0.4, 0.5) is 13.2 Å². The molecule has 1 aliphatic heterocycles. The summed E-state index contributed by atoms with van der Waals surface area (Å²) in [7, 11) is 0. The van der Waals surface area contributed by atoms with Gasteiger partial charge < -0.3 is 10.1 Å². The number of hydrogen-bond donors (Lipinski definition) is 1. The zero-order valence-electron chi connectivity index (χ0n) is 13.0. The standard InChI is InChI=1S/C18H14F3NO3/c19-18(20,21)12-7-5-11(6-8-12)10-22-16(23)9-15-13-3-1-2-4-14(13)17(24)25-15/h1-8,15H,9-10H2,(H,22,23)/t15-/m1/s1. The molecule has 1 aliphatic rings. The van der Waals surface area contributed by atoms with Crippen molar-refractivity contribution in [3.05, 3.63) is 70.8 Å². The van der Waals surface area contributed by atoms with E-state index in [1.54, 1.807) is 24.3 Å². The Morgan fingerprint density at radius 1 is 1.08 bits per heavy atom. The Morgan fingerprint density at radius 2 is 1.76 bits per heavy atom. The minimum absolute atomic E-state index is 0.0383. The van der Waals surface area contributed by atoms with Crippen molar-refractivity contribution in [2.24, 2.45) is 0 Å². The molecule has 2 aromatic carbocycles. The van der Waals surface area contributed by atoms with Crippen LogP contribution in [0.2, 0.25) is 0 Å². The lowest BCUT2D eigenvalue weighted by atomic mass is 10.0. The van der Waals surface area contributed by atoms with Gasteiger partial charge in [0.1, 0.15) is 6.10 Å². The lowest BCUT2D eigenvalue weighted by molar-refractivity contribution is -0.137. The Hall–Kier alpha value is -2.83. The van der Waals surface area contributed by atoms with Gasteiger partial charge in [-0.3, -0.25) is 4.79 Å². The van der Waals surface area contributed by atoms with Crippen LogP contribution in [0.3, 0.4) is 0 Å². The summed E-state index contributed by atoms with van der Waals surface area (Å²) in [6, 6.07) is 11.4. The maximum absolute atomic E-state index is 12.5. The molecule has 0 aliphatic carbocycles. The maximum atomic E-state index is 12.5. The second-order valence-electron chi connectivity index (χ2n) is 5.66. The molecule has 0 unspecified atom stereocenters. The van der Waals surface area contributed by atoms with E-state index >= 15 is 0 Å². The second-order valence-corrected chi connectivity index (χ2v) is 5.66. The first-order chi connectivity index (χ1) is 11.8. The van der Waals surface area contributed by atoms with Crippen LogP contribution in [-0.2, 0) is 22.3 Å². The van der Waals surface area contributed by atoms with Crippen LogP contribution in [0.25, 0.3) is 0 Å². The highest BCUT2D eigenvalue weighted by atomic mass is 19.4. The van der Waals surface area contributed by atoms with Gasteiger partial charge in [0, 0.05) is 12.1 Å². The van der Waals surface area contributed by atoms with Crippen LogP contribution >= 0.6 is 0 Å². The number of ether oxygens (including phenoxy) is 1. The number of carbonyl (C=O) groups is 2. The van der Waals surface area contributed by atoms with Gasteiger partial charge in [-0.2, -0.15) is 13.2 Å². The molecular formula is C18H14F3NO3. The Balaban J connectivity index is 1.56. The number of esters is 1. The number of rotatable bonds is 4. The molecule has 1 N–H and O–H groups in total. The average molecular weight is 349 g/mol. The summed E-state index contributed by atoms with van der Waals surface area (Å²) in [5.41, 5.74) is 0.919. The third kappa shape index (κ3) is 3.81. The molecule has 3 rings (SSSR count). The van der Waals surface area contributed by atoms with Gasteiger partial charge in [0.15, 0.2) is 0 Å². The third-order valence-corrected chi connectivity index (χ3v) is 3.92. The molecular weight excluding hydrogens is 335 g/mol. The van der Waals surface area contributed by atoms with Crippen molar-refractivity contribution >= 4 is 11.9 Å². The van der Waals surface area contributed by atoms with E-state index in [-0.39, 0.29) is 18.9 Å². The quantitative estimate of drug-likeness (QED) is 0.858. The predicted octanol–water partition coefficient (Wildman–Crippen LogP) is 3.62. The van der Waals surface area contributed by atoms with Crippen LogP contribution in [0, 0.1) is 0 Å². The number of benzene rings is 2. The molecule has 4 nitrogen and oxygen atoms in total. The second kappa shape index (κ2) is 6.58. The van der Waals surface area contributed by atoms with E-state index in [0.29, 0.717) is 16.7 Å². The molecule has 1 amide bonds. The van der Waals surface area contributed by atoms with Crippen molar-refractivity contribution < 1.29 is 27.5 Å². The van der Waals surface area contributed by atoms with E-state index in [9.17, 15) is 22.8 Å². The normalized spacial score (nSPS) is 16.3. The van der Waals surface area contributed by atoms with Gasteiger partial charge in [-0.25, -0.2) is 4.79 Å². The third-order valence-electron chi connectivity index (χ3n) is 3.92. The molecule has 1 heterocycles. The Labute approximate surface area is 141 Å². The maximum Gasteiger partial charge on any atom is 0.416 e. The molecule has 0 saturated heterocycles. The topological polar surface area (TPSA) is 55.4 Å². The Kier molecular flexibility index (Phi) is 4.48. The van der Waals surface area contributed by atoms with Gasteiger partial charge in [-0.15, -0.1) is 0 Å². The molecule has 0 fully saturated rings. The van der Waals surface area contributed by atoms with E-state index in [1.807, 2.05) is 0 Å². The van der Waals surface area contributed by atoms with Crippen LogP contribution in [0.15, 0.2) is 48.5 Å². The van der Waals surface area contributed by atoms with Gasteiger partial charge in [0.05, 0.1) is 17.5 Å². The SMILES string of the molecule is O=C(C[C@H]1OC(=O)c2ccccc21)NCc1ccc(C(F)(F)F)cc1. The minimum Gasteiger partial charge on any atom is -0.453 e. The molecule has 0 aromatic heterocycles. The number of amides is 1. The number of cyclic esters (lactones) is 1. The fourth-order valence-electron chi connectivity index (χ4n) is 2.62. The molecule has 130 valence electrons. The minimum atomic E-state index is -4.39. The summed E-state index contributed by atoms with van der Waals surface area (Å²) in [5.74, 6) is -0.814. The molecule has 0 spiro atoms. The number of alkyl halides is 3. The molecule has 1 atom stereocenters. The molecule has 0 bridgehead atoms. The van der Waals surface area contributed by atoms with E-state index < -0.39 is 23.8 Å². The molecule has 25 heavy (non-hydrogen) atoms. The van der Waals surface area contributed by atoms with Crippen molar-refractivity contribution in [2.75, 3.05) is 0 Å². The number of fused-ring (bicyclic) bond motifs is 1. The Morgan fingerprint density at radius 3 is 2.44 bits per heavy atom. The molecule has 0 saturated carbocycles. The summed E-state index contributed by atoms with van der Waals surface area (Å²) in [4.78, 5) is 23.7. The first-order valence-corrected chi connectivity index (χ1v) is 7.57. The first-order valence-electron chi connectivity index (χ1n) is 7.57. The average Bonchev–Trinajstić information content (AvgIpc) is 2.89. The highest BCUT2D eigenvalue weighted by Crippen LogP contribution is 2.32. The largest absolute Gasteiger partial charge is 0.453 e.